The minimum atomic E-state index is -0.569. The van der Waals surface area contributed by atoms with Crippen LogP contribution in [-0.2, 0) is 6.67 Å². The minimum Gasteiger partial charge on any atom is -0.322 e. The predicted molar refractivity (Wildman–Crippen MR) is 44.1 cm³/mol. The Labute approximate surface area is 69.1 Å². The number of anilines is 1. The Kier molecular flexibility index (Phi) is 2.68. The second-order valence-corrected chi connectivity index (χ2v) is 2.46. The molecule has 1 rings (SSSR count). The van der Waals surface area contributed by atoms with E-state index in [1.807, 2.05) is 0 Å². The fourth-order valence-corrected chi connectivity index (χ4v) is 1.09. The fraction of sp³-hybridized carbons (Fsp3) is 0.143. The van der Waals surface area contributed by atoms with Gasteiger partial charge >= 0.3 is 0 Å². The van der Waals surface area contributed by atoms with Gasteiger partial charge in [-0.2, -0.15) is 0 Å². The second kappa shape index (κ2) is 3.55. The lowest BCUT2D eigenvalue weighted by atomic mass is 10.2. The van der Waals surface area contributed by atoms with Gasteiger partial charge in [0.25, 0.3) is 0 Å². The number of para-hydroxylation sites is 1. The number of hydrogen-bond donors (Lipinski definition) is 2. The molecule has 0 fully saturated rings. The van der Waals surface area contributed by atoms with Crippen molar-refractivity contribution in [2.75, 3.05) is 5.43 Å². The van der Waals surface area contributed by atoms with Crippen molar-refractivity contribution in [1.82, 2.24) is 0 Å². The highest BCUT2D eigenvalue weighted by molar-refractivity contribution is 6.33. The van der Waals surface area contributed by atoms with Gasteiger partial charge in [0, 0.05) is 5.56 Å². The lowest BCUT2D eigenvalue weighted by Crippen LogP contribution is -2.09. The van der Waals surface area contributed by atoms with E-state index in [4.69, 9.17) is 17.4 Å². The third-order valence-electron chi connectivity index (χ3n) is 1.39. The molecule has 0 radical (unpaired) electrons. The number of nitrogens with one attached hydrogen (secondary N) is 1. The summed E-state index contributed by atoms with van der Waals surface area (Å²) >= 11 is 5.70. The Hall–Kier alpha value is -0.800. The predicted octanol–water partition coefficient (Wildman–Crippen LogP) is 2.10. The number of benzene rings is 1. The molecule has 0 aromatic heterocycles. The molecular formula is C7H8ClFN2. The van der Waals surface area contributed by atoms with Crippen molar-refractivity contribution in [2.45, 2.75) is 6.67 Å². The largest absolute Gasteiger partial charge is 0.322 e. The SMILES string of the molecule is NNc1c(Cl)cccc1CF. The molecule has 60 valence electrons. The monoisotopic (exact) mass is 174 g/mol. The van der Waals surface area contributed by atoms with Gasteiger partial charge in [0.05, 0.1) is 10.7 Å². The summed E-state index contributed by atoms with van der Waals surface area (Å²) in [6, 6.07) is 4.95. The zero-order valence-electron chi connectivity index (χ0n) is 5.77. The average molecular weight is 175 g/mol. The highest BCUT2D eigenvalue weighted by atomic mass is 35.5. The van der Waals surface area contributed by atoms with Gasteiger partial charge < -0.3 is 5.43 Å². The highest BCUT2D eigenvalue weighted by Gasteiger charge is 2.03. The molecule has 0 amide bonds. The first kappa shape index (κ1) is 8.30. The molecule has 1 aromatic carbocycles. The van der Waals surface area contributed by atoms with Crippen LogP contribution in [0.1, 0.15) is 5.56 Å². The zero-order valence-corrected chi connectivity index (χ0v) is 6.53. The maximum Gasteiger partial charge on any atom is 0.117 e. The Balaban J connectivity index is 3.13. The van der Waals surface area contributed by atoms with Gasteiger partial charge in [0.2, 0.25) is 0 Å². The first-order valence-electron chi connectivity index (χ1n) is 3.09. The van der Waals surface area contributed by atoms with Crippen LogP contribution in [0.5, 0.6) is 0 Å². The summed E-state index contributed by atoms with van der Waals surface area (Å²) in [5.74, 6) is 5.13. The first-order valence-corrected chi connectivity index (χ1v) is 3.47. The highest BCUT2D eigenvalue weighted by Crippen LogP contribution is 2.25. The summed E-state index contributed by atoms with van der Waals surface area (Å²) in [4.78, 5) is 0. The van der Waals surface area contributed by atoms with E-state index >= 15 is 0 Å². The van der Waals surface area contributed by atoms with E-state index in [2.05, 4.69) is 5.43 Å². The Morgan fingerprint density at radius 1 is 1.55 bits per heavy atom. The van der Waals surface area contributed by atoms with Crippen LogP contribution >= 0.6 is 11.6 Å². The van der Waals surface area contributed by atoms with Gasteiger partial charge in [0.1, 0.15) is 6.67 Å². The van der Waals surface area contributed by atoms with Crippen LogP contribution in [0.3, 0.4) is 0 Å². The van der Waals surface area contributed by atoms with Crippen molar-refractivity contribution in [1.29, 1.82) is 0 Å². The zero-order chi connectivity index (χ0) is 8.27. The van der Waals surface area contributed by atoms with Crippen LogP contribution in [0.25, 0.3) is 0 Å². The molecule has 0 bridgehead atoms. The number of hydrogen-bond acceptors (Lipinski definition) is 2. The molecular weight excluding hydrogens is 167 g/mol. The first-order chi connectivity index (χ1) is 5.29. The van der Waals surface area contributed by atoms with Crippen molar-refractivity contribution in [2.24, 2.45) is 5.84 Å². The van der Waals surface area contributed by atoms with Gasteiger partial charge in [-0.25, -0.2) is 4.39 Å². The third kappa shape index (κ3) is 1.61. The molecule has 0 aliphatic heterocycles. The van der Waals surface area contributed by atoms with Gasteiger partial charge in [-0.15, -0.1) is 0 Å². The van der Waals surface area contributed by atoms with Crippen molar-refractivity contribution >= 4 is 17.3 Å². The van der Waals surface area contributed by atoms with Crippen LogP contribution in [0.4, 0.5) is 10.1 Å². The van der Waals surface area contributed by atoms with Crippen molar-refractivity contribution in [3.8, 4) is 0 Å². The smallest absolute Gasteiger partial charge is 0.117 e. The molecule has 3 N–H and O–H groups in total. The lowest BCUT2D eigenvalue weighted by molar-refractivity contribution is 0.486. The summed E-state index contributed by atoms with van der Waals surface area (Å²) in [5, 5.41) is 0.433. The second-order valence-electron chi connectivity index (χ2n) is 2.05. The molecule has 0 spiro atoms. The molecule has 2 nitrogen and oxygen atoms in total. The molecule has 0 aliphatic rings. The minimum absolute atomic E-state index is 0.433. The van der Waals surface area contributed by atoms with Gasteiger partial charge in [0.15, 0.2) is 0 Å². The van der Waals surface area contributed by atoms with E-state index in [9.17, 15) is 4.39 Å². The maximum absolute atomic E-state index is 12.2. The van der Waals surface area contributed by atoms with Crippen molar-refractivity contribution in [3.63, 3.8) is 0 Å². The number of nitrogen functional groups attached to an aromatic ring is 1. The number of hydrazine groups is 1. The van der Waals surface area contributed by atoms with Crippen LogP contribution in [0.15, 0.2) is 18.2 Å². The Morgan fingerprint density at radius 3 is 2.73 bits per heavy atom. The normalized spacial score (nSPS) is 9.73. The van der Waals surface area contributed by atoms with E-state index in [-0.39, 0.29) is 0 Å². The van der Waals surface area contributed by atoms with Crippen LogP contribution < -0.4 is 11.3 Å². The summed E-state index contributed by atoms with van der Waals surface area (Å²) in [6.07, 6.45) is 0. The topological polar surface area (TPSA) is 38.0 Å². The maximum atomic E-state index is 12.2. The van der Waals surface area contributed by atoms with E-state index in [1.54, 1.807) is 18.2 Å². The summed E-state index contributed by atoms with van der Waals surface area (Å²) in [6.45, 7) is -0.569. The number of halogens is 2. The molecule has 0 heterocycles. The van der Waals surface area contributed by atoms with Crippen LogP contribution in [0.2, 0.25) is 5.02 Å². The number of alkyl halides is 1. The van der Waals surface area contributed by atoms with Crippen LogP contribution in [-0.4, -0.2) is 0 Å². The molecule has 0 saturated carbocycles. The molecule has 1 aromatic rings. The molecule has 0 atom stereocenters. The summed E-state index contributed by atoms with van der Waals surface area (Å²) in [5.41, 5.74) is 3.27. The number of rotatable bonds is 2. The molecule has 4 heteroatoms. The molecule has 11 heavy (non-hydrogen) atoms. The van der Waals surface area contributed by atoms with E-state index < -0.39 is 6.67 Å². The van der Waals surface area contributed by atoms with E-state index in [0.29, 0.717) is 16.3 Å². The van der Waals surface area contributed by atoms with Crippen molar-refractivity contribution in [3.05, 3.63) is 28.8 Å². The van der Waals surface area contributed by atoms with Crippen molar-refractivity contribution < 1.29 is 4.39 Å². The van der Waals surface area contributed by atoms with Gasteiger partial charge in [-0.1, -0.05) is 23.7 Å². The summed E-state index contributed by atoms with van der Waals surface area (Å²) < 4.78 is 12.2. The lowest BCUT2D eigenvalue weighted by Gasteiger charge is -2.06. The van der Waals surface area contributed by atoms with E-state index in [0.717, 1.165) is 0 Å². The quantitative estimate of drug-likeness (QED) is 0.532. The Morgan fingerprint density at radius 2 is 2.27 bits per heavy atom. The Bertz CT molecular complexity index is 252. The number of nitrogens with two attached hydrogens (primary N) is 1. The summed E-state index contributed by atoms with van der Waals surface area (Å²) in [7, 11) is 0. The van der Waals surface area contributed by atoms with Gasteiger partial charge in [-0.05, 0) is 6.07 Å². The van der Waals surface area contributed by atoms with Crippen LogP contribution in [0, 0.1) is 0 Å². The molecule has 0 unspecified atom stereocenters. The average Bonchev–Trinajstić information content (AvgIpc) is 2.04. The fourth-order valence-electron chi connectivity index (χ4n) is 0.842. The van der Waals surface area contributed by atoms with E-state index in [1.165, 1.54) is 0 Å². The molecule has 0 saturated heterocycles. The molecule has 0 aliphatic carbocycles. The standard InChI is InChI=1S/C7H8ClFN2/c8-6-3-1-2-5(4-9)7(6)11-10/h1-3,11H,4,10H2. The van der Waals surface area contributed by atoms with Gasteiger partial charge in [-0.3, -0.25) is 5.84 Å². The third-order valence-corrected chi connectivity index (χ3v) is 1.70.